The molecule has 0 unspecified atom stereocenters. The summed E-state index contributed by atoms with van der Waals surface area (Å²) in [5.41, 5.74) is 1.08. The van der Waals surface area contributed by atoms with Crippen LogP contribution in [-0.4, -0.2) is 15.4 Å². The molecular formula is C6H6B2N. The molecule has 1 aromatic rings. The van der Waals surface area contributed by atoms with Gasteiger partial charge in [0.25, 0.3) is 0 Å². The van der Waals surface area contributed by atoms with Crippen molar-refractivity contribution in [2.45, 2.75) is 0 Å². The van der Waals surface area contributed by atoms with E-state index >= 15 is 0 Å². The Kier molecular flexibility index (Phi) is 2.40. The summed E-state index contributed by atoms with van der Waals surface area (Å²) in [7, 11) is 6.79. The van der Waals surface area contributed by atoms with Gasteiger partial charge in [0.05, 0.1) is 0 Å². The van der Waals surface area contributed by atoms with Crippen LogP contribution in [0.25, 0.3) is 0 Å². The standard InChI is InChI=1S/C6H6B2N/c7-9-8-6-4-2-1-3-5-6/h1-5,9H. The molecule has 1 rings (SSSR count). The van der Waals surface area contributed by atoms with E-state index in [0.29, 0.717) is 0 Å². The summed E-state index contributed by atoms with van der Waals surface area (Å²) in [6.07, 6.45) is 0. The molecule has 0 spiro atoms. The summed E-state index contributed by atoms with van der Waals surface area (Å²) >= 11 is 0. The van der Waals surface area contributed by atoms with E-state index < -0.39 is 0 Å². The second-order valence-corrected chi connectivity index (χ2v) is 1.72. The van der Waals surface area contributed by atoms with Gasteiger partial charge in [-0.05, 0) is 0 Å². The molecule has 0 aliphatic rings. The molecule has 0 aromatic heterocycles. The number of rotatable bonds is 2. The lowest BCUT2D eigenvalue weighted by Crippen LogP contribution is -2.27. The van der Waals surface area contributed by atoms with Crippen LogP contribution in [0, 0.1) is 0 Å². The molecule has 0 aliphatic carbocycles. The average molecular weight is 114 g/mol. The Morgan fingerprint density at radius 3 is 2.44 bits per heavy atom. The number of hydrogen-bond acceptors (Lipinski definition) is 1. The molecule has 0 fully saturated rings. The van der Waals surface area contributed by atoms with E-state index in [9.17, 15) is 0 Å². The zero-order valence-electron chi connectivity index (χ0n) is 5.04. The van der Waals surface area contributed by atoms with Crippen LogP contribution in [0.1, 0.15) is 0 Å². The third-order valence-corrected chi connectivity index (χ3v) is 1.05. The molecule has 1 aromatic carbocycles. The Hall–Kier alpha value is -0.690. The maximum atomic E-state index is 5.05. The van der Waals surface area contributed by atoms with Crippen LogP contribution in [-0.2, 0) is 0 Å². The zero-order valence-corrected chi connectivity index (χ0v) is 5.04. The fourth-order valence-electron chi connectivity index (χ4n) is 0.645. The van der Waals surface area contributed by atoms with Gasteiger partial charge in [-0.15, -0.1) is 0 Å². The van der Waals surface area contributed by atoms with Crippen LogP contribution >= 0.6 is 0 Å². The second-order valence-electron chi connectivity index (χ2n) is 1.72. The van der Waals surface area contributed by atoms with Crippen molar-refractivity contribution in [2.24, 2.45) is 0 Å². The first-order valence-electron chi connectivity index (χ1n) is 2.78. The van der Waals surface area contributed by atoms with Gasteiger partial charge in [-0.25, -0.2) is 0 Å². The lowest BCUT2D eigenvalue weighted by Gasteiger charge is -1.93. The molecule has 0 saturated heterocycles. The minimum absolute atomic E-state index is 1.08. The molecular weight excluding hydrogens is 108 g/mol. The van der Waals surface area contributed by atoms with Gasteiger partial charge in [-0.2, -0.15) is 0 Å². The van der Waals surface area contributed by atoms with Gasteiger partial charge >= 0.3 is 0 Å². The van der Waals surface area contributed by atoms with Crippen LogP contribution in [0.2, 0.25) is 0 Å². The van der Waals surface area contributed by atoms with Crippen LogP contribution in [0.3, 0.4) is 0 Å². The van der Waals surface area contributed by atoms with Gasteiger partial charge in [0.15, 0.2) is 7.98 Å². The van der Waals surface area contributed by atoms with Crippen molar-refractivity contribution in [2.75, 3.05) is 0 Å². The molecule has 0 atom stereocenters. The van der Waals surface area contributed by atoms with Gasteiger partial charge in [-0.1, -0.05) is 35.8 Å². The van der Waals surface area contributed by atoms with Crippen molar-refractivity contribution in [3.05, 3.63) is 30.3 Å². The highest BCUT2D eigenvalue weighted by Gasteiger charge is 1.87. The third kappa shape index (κ3) is 1.94. The van der Waals surface area contributed by atoms with E-state index in [0.717, 1.165) is 5.46 Å². The fraction of sp³-hybridized carbons (Fsp3) is 0. The van der Waals surface area contributed by atoms with E-state index in [4.69, 9.17) is 7.98 Å². The van der Waals surface area contributed by atoms with E-state index in [2.05, 4.69) is 5.14 Å². The van der Waals surface area contributed by atoms with Crippen molar-refractivity contribution in [3.8, 4) is 0 Å². The molecule has 0 heterocycles. The Labute approximate surface area is 57.2 Å². The maximum absolute atomic E-state index is 5.05. The highest BCUT2D eigenvalue weighted by Crippen LogP contribution is 1.78. The Balaban J connectivity index is 2.61. The van der Waals surface area contributed by atoms with Crippen molar-refractivity contribution in [1.29, 1.82) is 0 Å². The lowest BCUT2D eigenvalue weighted by atomic mass is 9.81. The highest BCUT2D eigenvalue weighted by molar-refractivity contribution is 6.56. The van der Waals surface area contributed by atoms with E-state index in [1.54, 1.807) is 7.41 Å². The minimum atomic E-state index is 1.08. The molecule has 0 aliphatic heterocycles. The van der Waals surface area contributed by atoms with Crippen molar-refractivity contribution in [3.63, 3.8) is 0 Å². The first kappa shape index (κ1) is 6.43. The van der Waals surface area contributed by atoms with E-state index in [1.807, 2.05) is 30.3 Å². The molecule has 0 saturated carbocycles. The average Bonchev–Trinajstić information content (AvgIpc) is 1.91. The van der Waals surface area contributed by atoms with E-state index in [1.165, 1.54) is 0 Å². The first-order valence-corrected chi connectivity index (χ1v) is 2.78. The molecule has 9 heavy (non-hydrogen) atoms. The predicted octanol–water partition coefficient (Wildman–Crippen LogP) is -0.396. The molecule has 1 nitrogen and oxygen atoms in total. The predicted molar refractivity (Wildman–Crippen MR) is 40.7 cm³/mol. The van der Waals surface area contributed by atoms with Gasteiger partial charge in [0.1, 0.15) is 0 Å². The Morgan fingerprint density at radius 1 is 1.22 bits per heavy atom. The van der Waals surface area contributed by atoms with Gasteiger partial charge in [0, 0.05) is 0 Å². The number of nitrogens with one attached hydrogen (secondary N) is 1. The van der Waals surface area contributed by atoms with Crippen LogP contribution < -0.4 is 10.6 Å². The smallest absolute Gasteiger partial charge is 0.231 e. The second kappa shape index (κ2) is 3.36. The SMILES string of the molecule is [B]N[B]c1ccccc1. The van der Waals surface area contributed by atoms with Crippen molar-refractivity contribution < 1.29 is 0 Å². The minimum Gasteiger partial charge on any atom is -0.408 e. The van der Waals surface area contributed by atoms with Gasteiger partial charge in [0.2, 0.25) is 7.41 Å². The van der Waals surface area contributed by atoms with Gasteiger partial charge < -0.3 is 5.14 Å². The summed E-state index contributed by atoms with van der Waals surface area (Å²) in [4.78, 5) is 0. The Morgan fingerprint density at radius 2 is 1.89 bits per heavy atom. The summed E-state index contributed by atoms with van der Waals surface area (Å²) in [5.74, 6) is 0. The topological polar surface area (TPSA) is 12.0 Å². The quantitative estimate of drug-likeness (QED) is 0.515. The molecule has 1 N–H and O–H groups in total. The molecule has 0 bridgehead atoms. The molecule has 41 valence electrons. The monoisotopic (exact) mass is 114 g/mol. The lowest BCUT2D eigenvalue weighted by molar-refractivity contribution is 1.62. The van der Waals surface area contributed by atoms with E-state index in [-0.39, 0.29) is 0 Å². The maximum Gasteiger partial charge on any atom is 0.231 e. The first-order chi connectivity index (χ1) is 4.43. The summed E-state index contributed by atoms with van der Waals surface area (Å²) < 4.78 is 0. The van der Waals surface area contributed by atoms with Crippen LogP contribution in [0.15, 0.2) is 30.3 Å². The summed E-state index contributed by atoms with van der Waals surface area (Å²) in [5, 5.41) is 2.46. The normalized spacial score (nSPS) is 8.89. The fourth-order valence-corrected chi connectivity index (χ4v) is 0.645. The zero-order chi connectivity index (χ0) is 6.53. The van der Waals surface area contributed by atoms with Crippen LogP contribution in [0.4, 0.5) is 0 Å². The molecule has 3 radical (unpaired) electrons. The summed E-state index contributed by atoms with van der Waals surface area (Å²) in [6, 6.07) is 9.83. The number of benzene rings is 1. The molecule has 0 amide bonds. The van der Waals surface area contributed by atoms with Crippen molar-refractivity contribution >= 4 is 20.9 Å². The summed E-state index contributed by atoms with van der Waals surface area (Å²) in [6.45, 7) is 0. The van der Waals surface area contributed by atoms with Crippen LogP contribution in [0.5, 0.6) is 0 Å². The molecule has 3 heteroatoms. The van der Waals surface area contributed by atoms with Gasteiger partial charge in [-0.3, -0.25) is 0 Å². The van der Waals surface area contributed by atoms with Crippen molar-refractivity contribution in [1.82, 2.24) is 5.14 Å². The third-order valence-electron chi connectivity index (χ3n) is 1.05. The number of hydrogen-bond donors (Lipinski definition) is 1. The highest BCUT2D eigenvalue weighted by atomic mass is 14.6. The Bertz CT molecular complexity index is 164. The largest absolute Gasteiger partial charge is 0.408 e.